The van der Waals surface area contributed by atoms with Gasteiger partial charge >= 0.3 is 6.16 Å². The first-order valence-corrected chi connectivity index (χ1v) is 17.1. The Balaban J connectivity index is 0.00000180. The van der Waals surface area contributed by atoms with E-state index in [1.54, 1.807) is 26.2 Å². The first kappa shape index (κ1) is 41.5. The van der Waals surface area contributed by atoms with Crippen molar-refractivity contribution in [3.8, 4) is 11.5 Å². The van der Waals surface area contributed by atoms with Gasteiger partial charge in [0.25, 0.3) is 22.9 Å². The summed E-state index contributed by atoms with van der Waals surface area (Å²) in [5, 5.41) is 19.7. The van der Waals surface area contributed by atoms with Crippen LogP contribution in [0.25, 0.3) is 0 Å². The molecule has 0 saturated heterocycles. The number of pyridine rings is 2. The molecule has 0 aliphatic heterocycles. The van der Waals surface area contributed by atoms with Gasteiger partial charge in [0.2, 0.25) is 0 Å². The second-order valence-electron chi connectivity index (χ2n) is 12.1. The van der Waals surface area contributed by atoms with Crippen LogP contribution in [0.2, 0.25) is 0 Å². The zero-order valence-electron chi connectivity index (χ0n) is 30.2. The molecule has 0 fully saturated rings. The SMILES string of the molecule is CCCC(N)CN(CCNC(=O)c1ccn(C)c(=O)c1OCc1ccccc1)CCNC(=O)c1ccn(C)c(=O)c1OCc1ccccc1.O=C(O)O. The summed E-state index contributed by atoms with van der Waals surface area (Å²) in [5.74, 6) is -0.890. The zero-order chi connectivity index (χ0) is 38.8. The van der Waals surface area contributed by atoms with Gasteiger partial charge in [-0.2, -0.15) is 0 Å². The number of benzene rings is 2. The minimum atomic E-state index is -1.83. The maximum Gasteiger partial charge on any atom is 0.503 e. The Morgan fingerprint density at radius 1 is 0.736 bits per heavy atom. The summed E-state index contributed by atoms with van der Waals surface area (Å²) < 4.78 is 14.4. The third kappa shape index (κ3) is 13.6. The Labute approximate surface area is 307 Å². The Hall–Kier alpha value is -5.93. The molecule has 0 aliphatic rings. The zero-order valence-corrected chi connectivity index (χ0v) is 30.2. The number of nitrogens with zero attached hydrogens (tertiary/aromatic N) is 3. The van der Waals surface area contributed by atoms with E-state index in [-0.39, 0.29) is 55.0 Å². The summed E-state index contributed by atoms with van der Waals surface area (Å²) in [6.45, 7) is 4.34. The molecule has 4 rings (SSSR count). The number of aromatic nitrogens is 2. The number of nitrogens with two attached hydrogens (primary N) is 1. The van der Waals surface area contributed by atoms with Gasteiger partial charge in [0.15, 0.2) is 11.5 Å². The largest absolute Gasteiger partial charge is 0.503 e. The molecule has 0 aliphatic carbocycles. The van der Waals surface area contributed by atoms with Crippen molar-refractivity contribution >= 4 is 18.0 Å². The Kier molecular flexibility index (Phi) is 16.8. The number of ether oxygens (including phenoxy) is 2. The molecule has 15 heteroatoms. The van der Waals surface area contributed by atoms with Gasteiger partial charge in [0, 0.05) is 65.3 Å². The number of aryl methyl sites for hydroxylation is 2. The Morgan fingerprint density at radius 3 is 1.51 bits per heavy atom. The molecular formula is C38H48N6O9. The maximum atomic E-state index is 13.3. The summed E-state index contributed by atoms with van der Waals surface area (Å²) in [5.41, 5.74) is 7.61. The van der Waals surface area contributed by atoms with Crippen molar-refractivity contribution in [2.45, 2.75) is 39.0 Å². The van der Waals surface area contributed by atoms with Crippen LogP contribution in [0.15, 0.2) is 94.8 Å². The van der Waals surface area contributed by atoms with E-state index in [0.29, 0.717) is 19.6 Å². The van der Waals surface area contributed by atoms with E-state index in [0.717, 1.165) is 24.0 Å². The molecule has 2 aromatic carbocycles. The lowest BCUT2D eigenvalue weighted by atomic mass is 10.1. The third-order valence-electron chi connectivity index (χ3n) is 7.97. The van der Waals surface area contributed by atoms with Crippen molar-refractivity contribution < 1.29 is 34.1 Å². The predicted octanol–water partition coefficient (Wildman–Crippen LogP) is 3.05. The van der Waals surface area contributed by atoms with Crippen LogP contribution in [-0.2, 0) is 27.3 Å². The molecule has 0 radical (unpaired) electrons. The lowest BCUT2D eigenvalue weighted by Gasteiger charge is -2.26. The summed E-state index contributed by atoms with van der Waals surface area (Å²) in [6.07, 6.45) is 2.98. The molecule has 15 nitrogen and oxygen atoms in total. The summed E-state index contributed by atoms with van der Waals surface area (Å²) in [7, 11) is 3.21. The van der Waals surface area contributed by atoms with Crippen molar-refractivity contribution in [2.75, 3.05) is 32.7 Å². The van der Waals surface area contributed by atoms with Crippen molar-refractivity contribution in [3.63, 3.8) is 0 Å². The lowest BCUT2D eigenvalue weighted by Crippen LogP contribution is -2.45. The van der Waals surface area contributed by atoms with Gasteiger partial charge < -0.3 is 45.2 Å². The van der Waals surface area contributed by atoms with Gasteiger partial charge in [-0.1, -0.05) is 74.0 Å². The topological polar surface area (TPSA) is 207 Å². The van der Waals surface area contributed by atoms with Crippen LogP contribution in [0.3, 0.4) is 0 Å². The minimum absolute atomic E-state index is 0.0150. The number of carbonyl (C=O) groups is 3. The standard InChI is InChI=1S/C37H46N6O6.CH2O3/c1-4-11-29(38)24-43(22-18-39-34(44)30-16-20-41(2)36(46)32(30)48-25-27-12-7-5-8-13-27)23-19-40-35(45)31-17-21-42(3)37(47)33(31)49-26-28-14-9-6-10-15-28;2-1(3)4/h5-10,12-17,20-21,29H,4,11,18-19,22-26,38H2,1-3H3,(H,39,44)(H,40,45);(H2,2,3,4). The highest BCUT2D eigenvalue weighted by Crippen LogP contribution is 2.16. The number of rotatable bonds is 18. The van der Waals surface area contributed by atoms with Crippen LogP contribution >= 0.6 is 0 Å². The lowest BCUT2D eigenvalue weighted by molar-refractivity contribution is 0.0942. The fourth-order valence-corrected chi connectivity index (χ4v) is 5.24. The van der Waals surface area contributed by atoms with Crippen LogP contribution in [-0.4, -0.2) is 81.0 Å². The Bertz CT molecular complexity index is 1770. The molecular weight excluding hydrogens is 684 g/mol. The molecule has 2 heterocycles. The van der Waals surface area contributed by atoms with Crippen molar-refractivity contribution in [3.05, 3.63) is 128 Å². The molecule has 0 bridgehead atoms. The van der Waals surface area contributed by atoms with E-state index >= 15 is 0 Å². The number of carbonyl (C=O) groups excluding carboxylic acids is 2. The fourth-order valence-electron chi connectivity index (χ4n) is 5.24. The van der Waals surface area contributed by atoms with Gasteiger partial charge in [-0.25, -0.2) is 4.79 Å². The minimum Gasteiger partial charge on any atom is -0.482 e. The van der Waals surface area contributed by atoms with Crippen LogP contribution < -0.4 is 37.0 Å². The van der Waals surface area contributed by atoms with Gasteiger partial charge in [0.1, 0.15) is 13.2 Å². The molecule has 2 amide bonds. The van der Waals surface area contributed by atoms with E-state index in [2.05, 4.69) is 22.5 Å². The fraction of sp³-hybridized carbons (Fsp3) is 0.342. The summed E-state index contributed by atoms with van der Waals surface area (Å²) in [6, 6.07) is 21.9. The highest BCUT2D eigenvalue weighted by molar-refractivity contribution is 5.97. The van der Waals surface area contributed by atoms with Crippen LogP contribution in [0.5, 0.6) is 11.5 Å². The first-order chi connectivity index (χ1) is 25.4. The number of hydrogen-bond donors (Lipinski definition) is 5. The third-order valence-corrected chi connectivity index (χ3v) is 7.97. The average molecular weight is 733 g/mol. The molecule has 1 atom stereocenters. The van der Waals surface area contributed by atoms with Gasteiger partial charge in [-0.05, 0) is 29.7 Å². The van der Waals surface area contributed by atoms with Crippen LogP contribution in [0.1, 0.15) is 51.6 Å². The predicted molar refractivity (Wildman–Crippen MR) is 200 cm³/mol. The summed E-state index contributed by atoms with van der Waals surface area (Å²) >= 11 is 0. The normalized spacial score (nSPS) is 11.2. The Morgan fingerprint density at radius 2 is 1.13 bits per heavy atom. The molecule has 6 N–H and O–H groups in total. The molecule has 0 saturated carbocycles. The molecule has 284 valence electrons. The average Bonchev–Trinajstić information content (AvgIpc) is 3.13. The number of amides is 2. The number of nitrogens with one attached hydrogen (secondary N) is 2. The van der Waals surface area contributed by atoms with Crippen molar-refractivity contribution in [1.29, 1.82) is 0 Å². The number of carboxylic acid groups (broad SMARTS) is 2. The van der Waals surface area contributed by atoms with Gasteiger partial charge in [-0.15, -0.1) is 0 Å². The number of hydrogen-bond acceptors (Lipinski definition) is 9. The van der Waals surface area contributed by atoms with E-state index < -0.39 is 29.1 Å². The highest BCUT2D eigenvalue weighted by Gasteiger charge is 2.20. The molecule has 4 aromatic rings. The molecule has 53 heavy (non-hydrogen) atoms. The molecule has 0 spiro atoms. The smallest absolute Gasteiger partial charge is 0.482 e. The van der Waals surface area contributed by atoms with E-state index in [4.69, 9.17) is 30.2 Å². The van der Waals surface area contributed by atoms with E-state index in [9.17, 15) is 19.2 Å². The second kappa shape index (κ2) is 21.4. The van der Waals surface area contributed by atoms with Crippen LogP contribution in [0.4, 0.5) is 4.79 Å². The van der Waals surface area contributed by atoms with Gasteiger partial charge in [0.05, 0.1) is 11.1 Å². The van der Waals surface area contributed by atoms with E-state index in [1.807, 2.05) is 60.7 Å². The van der Waals surface area contributed by atoms with E-state index in [1.165, 1.54) is 21.5 Å². The summed E-state index contributed by atoms with van der Waals surface area (Å²) in [4.78, 5) is 62.9. The molecule has 2 aromatic heterocycles. The first-order valence-electron chi connectivity index (χ1n) is 17.1. The molecule has 1 unspecified atom stereocenters. The highest BCUT2D eigenvalue weighted by atomic mass is 16.6. The van der Waals surface area contributed by atoms with Gasteiger partial charge in [-0.3, -0.25) is 24.1 Å². The monoisotopic (exact) mass is 732 g/mol. The van der Waals surface area contributed by atoms with Crippen LogP contribution in [0, 0.1) is 0 Å². The van der Waals surface area contributed by atoms with Crippen molar-refractivity contribution in [2.24, 2.45) is 19.8 Å². The quantitative estimate of drug-likeness (QED) is 0.100. The van der Waals surface area contributed by atoms with Crippen molar-refractivity contribution in [1.82, 2.24) is 24.7 Å². The maximum absolute atomic E-state index is 13.3. The second-order valence-corrected chi connectivity index (χ2v) is 12.1.